The molecule has 2 aliphatic heterocycles. The van der Waals surface area contributed by atoms with E-state index in [4.69, 9.17) is 10.2 Å². The predicted octanol–water partition coefficient (Wildman–Crippen LogP) is 4.54. The van der Waals surface area contributed by atoms with Crippen molar-refractivity contribution in [2.45, 2.75) is 32.4 Å². The van der Waals surface area contributed by atoms with Crippen LogP contribution in [0.5, 0.6) is 0 Å². The second-order valence-electron chi connectivity index (χ2n) is 10.9. The Labute approximate surface area is 230 Å². The number of nitrogens with zero attached hydrogens (tertiary/aromatic N) is 5. The minimum atomic E-state index is -0.245. The molecule has 0 radical (unpaired) electrons. The molecule has 2 aliphatic rings. The van der Waals surface area contributed by atoms with Crippen LogP contribution in [0.2, 0.25) is 0 Å². The molecule has 2 N–H and O–H groups in total. The Morgan fingerprint density at radius 3 is 2.71 bits per heavy atom. The van der Waals surface area contributed by atoms with Gasteiger partial charge in [-0.15, -0.1) is 0 Å². The monoisotopic (exact) mass is 526 g/mol. The van der Waals surface area contributed by atoms with E-state index in [1.165, 1.54) is 16.9 Å². The second kappa shape index (κ2) is 10.3. The SMILES string of the molecule is CC(C)(CO)NC[C@@H]1CCN(c2ccc3c(c2)Cn2cc(-c4ccc(C#N)cc4)cc2-c2nccn2-3)C1.S. The van der Waals surface area contributed by atoms with Gasteiger partial charge in [-0.25, -0.2) is 4.98 Å². The molecular weight excluding hydrogens is 492 g/mol. The quantitative estimate of drug-likeness (QED) is 0.340. The van der Waals surface area contributed by atoms with E-state index in [0.29, 0.717) is 11.5 Å². The van der Waals surface area contributed by atoms with Gasteiger partial charge in [0.25, 0.3) is 0 Å². The first-order chi connectivity index (χ1) is 17.9. The van der Waals surface area contributed by atoms with Crippen LogP contribution >= 0.6 is 13.5 Å². The first-order valence-corrected chi connectivity index (χ1v) is 12.9. The number of rotatable bonds is 6. The molecule has 0 bridgehead atoms. The minimum Gasteiger partial charge on any atom is -0.394 e. The molecule has 38 heavy (non-hydrogen) atoms. The van der Waals surface area contributed by atoms with E-state index in [-0.39, 0.29) is 25.6 Å². The van der Waals surface area contributed by atoms with Crippen molar-refractivity contribution in [1.82, 2.24) is 19.4 Å². The topological polar surface area (TPSA) is 82.0 Å². The first-order valence-electron chi connectivity index (χ1n) is 12.9. The second-order valence-corrected chi connectivity index (χ2v) is 10.9. The molecule has 1 atom stereocenters. The van der Waals surface area contributed by atoms with Gasteiger partial charge in [0.1, 0.15) is 0 Å². The summed E-state index contributed by atoms with van der Waals surface area (Å²) in [4.78, 5) is 7.20. The zero-order valence-corrected chi connectivity index (χ0v) is 22.9. The normalized spacial score (nSPS) is 16.2. The molecular formula is C30H34N6OS. The smallest absolute Gasteiger partial charge is 0.161 e. The number of fused-ring (bicyclic) bond motifs is 5. The van der Waals surface area contributed by atoms with Gasteiger partial charge < -0.3 is 19.9 Å². The van der Waals surface area contributed by atoms with Crippen LogP contribution in [0.4, 0.5) is 5.69 Å². The maximum absolute atomic E-state index is 9.55. The molecule has 0 aliphatic carbocycles. The van der Waals surface area contributed by atoms with Crippen molar-refractivity contribution < 1.29 is 5.11 Å². The lowest BCUT2D eigenvalue weighted by molar-refractivity contribution is 0.184. The van der Waals surface area contributed by atoms with Crippen molar-refractivity contribution in [2.75, 3.05) is 31.1 Å². The Balaban J connectivity index is 0.00000294. The lowest BCUT2D eigenvalue weighted by Gasteiger charge is -2.26. The van der Waals surface area contributed by atoms with Crippen LogP contribution < -0.4 is 10.2 Å². The van der Waals surface area contributed by atoms with E-state index in [0.717, 1.165) is 55.2 Å². The Bertz CT molecular complexity index is 1480. The number of aliphatic hydroxyl groups is 1. The fourth-order valence-corrected chi connectivity index (χ4v) is 5.44. The van der Waals surface area contributed by atoms with Crippen LogP contribution in [0.25, 0.3) is 28.3 Å². The molecule has 2 aromatic heterocycles. The standard InChI is InChI=1S/C30H32N6O.H2S/c1-30(2,20-37)33-16-22-9-11-34(17-22)26-7-8-27-25(13-26)19-35-18-24(23-5-3-21(15-31)4-6-23)14-28(35)29-32-10-12-36(27)29;/h3-8,10,12-14,18,22,33,37H,9,11,16-17,19-20H2,1-2H3;1H2/t22-;/m0./s1. The van der Waals surface area contributed by atoms with Crippen LogP contribution in [0.3, 0.4) is 0 Å². The van der Waals surface area contributed by atoms with Gasteiger partial charge in [-0.3, -0.25) is 4.57 Å². The molecule has 4 heterocycles. The Hall–Kier alpha value is -3.51. The van der Waals surface area contributed by atoms with Crippen LogP contribution in [0.15, 0.2) is 67.1 Å². The van der Waals surface area contributed by atoms with E-state index >= 15 is 0 Å². The number of aliphatic hydroxyl groups excluding tert-OH is 1. The molecule has 8 heteroatoms. The summed E-state index contributed by atoms with van der Waals surface area (Å²) >= 11 is 0. The number of hydrogen-bond donors (Lipinski definition) is 2. The molecule has 1 fully saturated rings. The summed E-state index contributed by atoms with van der Waals surface area (Å²) in [6.45, 7) is 7.95. The van der Waals surface area contributed by atoms with E-state index in [1.54, 1.807) is 0 Å². The summed E-state index contributed by atoms with van der Waals surface area (Å²) in [5, 5.41) is 22.2. The Morgan fingerprint density at radius 2 is 1.95 bits per heavy atom. The van der Waals surface area contributed by atoms with Gasteiger partial charge >= 0.3 is 0 Å². The summed E-state index contributed by atoms with van der Waals surface area (Å²) in [5.41, 5.74) is 7.40. The molecule has 0 unspecified atom stereocenters. The van der Waals surface area contributed by atoms with E-state index in [9.17, 15) is 5.11 Å². The van der Waals surface area contributed by atoms with Gasteiger partial charge in [0.15, 0.2) is 5.82 Å². The van der Waals surface area contributed by atoms with E-state index in [2.05, 4.69) is 55.9 Å². The van der Waals surface area contributed by atoms with Crippen LogP contribution in [-0.4, -0.2) is 51.0 Å². The summed E-state index contributed by atoms with van der Waals surface area (Å²) < 4.78 is 4.48. The van der Waals surface area contributed by atoms with Crippen LogP contribution in [-0.2, 0) is 6.54 Å². The highest BCUT2D eigenvalue weighted by Gasteiger charge is 2.27. The largest absolute Gasteiger partial charge is 0.394 e. The maximum Gasteiger partial charge on any atom is 0.161 e. The van der Waals surface area contributed by atoms with E-state index in [1.807, 2.05) is 50.5 Å². The zero-order valence-electron chi connectivity index (χ0n) is 21.9. The molecule has 0 saturated carbocycles. The number of benzene rings is 2. The highest BCUT2D eigenvalue weighted by molar-refractivity contribution is 7.59. The molecule has 7 nitrogen and oxygen atoms in total. The van der Waals surface area contributed by atoms with Gasteiger partial charge in [-0.05, 0) is 73.7 Å². The summed E-state index contributed by atoms with van der Waals surface area (Å²) in [6, 6.07) is 18.9. The number of imidazole rings is 1. The molecule has 196 valence electrons. The van der Waals surface area contributed by atoms with E-state index < -0.39 is 0 Å². The number of hydrogen-bond acceptors (Lipinski definition) is 5. The molecule has 4 aromatic rings. The van der Waals surface area contributed by atoms with Gasteiger partial charge in [0, 0.05) is 61.6 Å². The van der Waals surface area contributed by atoms with Crippen molar-refractivity contribution in [3.05, 3.63) is 78.2 Å². The van der Waals surface area contributed by atoms with Gasteiger partial charge in [-0.2, -0.15) is 18.8 Å². The zero-order chi connectivity index (χ0) is 25.6. The van der Waals surface area contributed by atoms with Gasteiger partial charge in [-0.1, -0.05) is 12.1 Å². The summed E-state index contributed by atoms with van der Waals surface area (Å²) in [5.74, 6) is 1.50. The van der Waals surface area contributed by atoms with Crippen molar-refractivity contribution in [3.8, 4) is 34.4 Å². The first kappa shape index (κ1) is 26.1. The molecule has 0 amide bonds. The highest BCUT2D eigenvalue weighted by atomic mass is 32.1. The summed E-state index contributed by atoms with van der Waals surface area (Å²) in [7, 11) is 0. The fraction of sp³-hybridized carbons (Fsp3) is 0.333. The Morgan fingerprint density at radius 1 is 1.13 bits per heavy atom. The highest BCUT2D eigenvalue weighted by Crippen LogP contribution is 2.36. The third kappa shape index (κ3) is 4.85. The lowest BCUT2D eigenvalue weighted by Crippen LogP contribution is -2.45. The molecule has 1 saturated heterocycles. The van der Waals surface area contributed by atoms with Crippen molar-refractivity contribution in [1.29, 1.82) is 5.26 Å². The van der Waals surface area contributed by atoms with Crippen LogP contribution in [0, 0.1) is 17.2 Å². The molecule has 0 spiro atoms. The predicted molar refractivity (Wildman–Crippen MR) is 156 cm³/mol. The van der Waals surface area contributed by atoms with Crippen molar-refractivity contribution >= 4 is 19.2 Å². The number of nitriles is 1. The average molecular weight is 527 g/mol. The minimum absolute atomic E-state index is 0. The third-order valence-corrected chi connectivity index (χ3v) is 7.69. The fourth-order valence-electron chi connectivity index (χ4n) is 5.44. The Kier molecular flexibility index (Phi) is 7.10. The number of anilines is 1. The van der Waals surface area contributed by atoms with Crippen molar-refractivity contribution in [3.63, 3.8) is 0 Å². The number of aromatic nitrogens is 3. The van der Waals surface area contributed by atoms with Gasteiger partial charge in [0.05, 0.1) is 29.6 Å². The van der Waals surface area contributed by atoms with Crippen LogP contribution in [0.1, 0.15) is 31.4 Å². The molecule has 2 aromatic carbocycles. The number of nitrogens with one attached hydrogen (secondary N) is 1. The maximum atomic E-state index is 9.55. The van der Waals surface area contributed by atoms with Gasteiger partial charge in [0.2, 0.25) is 0 Å². The van der Waals surface area contributed by atoms with Crippen molar-refractivity contribution in [2.24, 2.45) is 5.92 Å². The molecule has 6 rings (SSSR count). The average Bonchev–Trinajstić information content (AvgIpc) is 3.66. The summed E-state index contributed by atoms with van der Waals surface area (Å²) in [6.07, 6.45) is 7.24. The third-order valence-electron chi connectivity index (χ3n) is 7.69. The lowest BCUT2D eigenvalue weighted by atomic mass is 10.0.